The van der Waals surface area contributed by atoms with Crippen molar-refractivity contribution in [3.8, 4) is 0 Å². The first-order valence-corrected chi connectivity index (χ1v) is 11.2. The molecular formula is C23H29N7O. The summed E-state index contributed by atoms with van der Waals surface area (Å²) >= 11 is 0. The summed E-state index contributed by atoms with van der Waals surface area (Å²) in [6, 6.07) is 9.93. The number of hydrogen-bond acceptors (Lipinski definition) is 6. The number of aryl methyl sites for hydroxylation is 1. The number of nitrogens with zero attached hydrogens (tertiary/aromatic N) is 7. The number of hydrogen-bond donors (Lipinski definition) is 0. The summed E-state index contributed by atoms with van der Waals surface area (Å²) in [6.07, 6.45) is 4.33. The zero-order valence-corrected chi connectivity index (χ0v) is 18.2. The largest absolute Gasteiger partial charge is 0.355 e. The SMILES string of the molecule is Cc1nc2ccccn2c1C(=O)N1CCN(c2ccc(N3CCC(C)CC3)nn2)CC1. The zero-order valence-electron chi connectivity index (χ0n) is 18.2. The Morgan fingerprint density at radius 1 is 0.903 bits per heavy atom. The van der Waals surface area contributed by atoms with Crippen molar-refractivity contribution in [3.63, 3.8) is 0 Å². The Hall–Kier alpha value is -3.16. The maximum atomic E-state index is 13.2. The number of piperazine rings is 1. The average Bonchev–Trinajstić information content (AvgIpc) is 3.15. The molecule has 0 saturated carbocycles. The van der Waals surface area contributed by atoms with Crippen LogP contribution in [0.15, 0.2) is 36.5 Å². The summed E-state index contributed by atoms with van der Waals surface area (Å²) in [5.41, 5.74) is 2.23. The molecule has 5 heterocycles. The predicted octanol–water partition coefficient (Wildman–Crippen LogP) is 2.63. The van der Waals surface area contributed by atoms with Crippen LogP contribution >= 0.6 is 0 Å². The highest BCUT2D eigenvalue weighted by molar-refractivity contribution is 5.94. The molecule has 1 amide bonds. The molecule has 31 heavy (non-hydrogen) atoms. The van der Waals surface area contributed by atoms with Gasteiger partial charge in [-0.1, -0.05) is 13.0 Å². The number of rotatable bonds is 3. The molecule has 3 aromatic heterocycles. The lowest BCUT2D eigenvalue weighted by Crippen LogP contribution is -2.49. The van der Waals surface area contributed by atoms with Gasteiger partial charge in [0.1, 0.15) is 11.3 Å². The van der Waals surface area contributed by atoms with Crippen LogP contribution in [0.4, 0.5) is 11.6 Å². The van der Waals surface area contributed by atoms with Crippen molar-refractivity contribution in [3.05, 3.63) is 47.9 Å². The van der Waals surface area contributed by atoms with E-state index in [4.69, 9.17) is 0 Å². The van der Waals surface area contributed by atoms with Gasteiger partial charge in [0.25, 0.3) is 5.91 Å². The summed E-state index contributed by atoms with van der Waals surface area (Å²) in [5, 5.41) is 8.97. The first kappa shape index (κ1) is 19.8. The van der Waals surface area contributed by atoms with Crippen LogP contribution in [-0.4, -0.2) is 69.7 Å². The lowest BCUT2D eigenvalue weighted by atomic mass is 9.99. The van der Waals surface area contributed by atoms with Crippen LogP contribution in [0, 0.1) is 12.8 Å². The number of amides is 1. The molecule has 0 radical (unpaired) electrons. The van der Waals surface area contributed by atoms with Crippen molar-refractivity contribution in [2.24, 2.45) is 5.92 Å². The molecule has 2 fully saturated rings. The quantitative estimate of drug-likeness (QED) is 0.650. The average molecular weight is 420 g/mol. The fourth-order valence-electron chi connectivity index (χ4n) is 4.55. The second-order valence-corrected chi connectivity index (χ2v) is 8.67. The molecule has 8 heteroatoms. The third kappa shape index (κ3) is 3.82. The van der Waals surface area contributed by atoms with Crippen LogP contribution in [0.3, 0.4) is 0 Å². The molecule has 0 aromatic carbocycles. The Morgan fingerprint density at radius 2 is 1.55 bits per heavy atom. The molecule has 2 aliphatic heterocycles. The Labute approximate surface area is 182 Å². The van der Waals surface area contributed by atoms with Crippen molar-refractivity contribution in [2.75, 3.05) is 49.1 Å². The number of imidazole rings is 1. The normalized spacial score (nSPS) is 18.1. The maximum Gasteiger partial charge on any atom is 0.272 e. The fraction of sp³-hybridized carbons (Fsp3) is 0.478. The highest BCUT2D eigenvalue weighted by Gasteiger charge is 2.27. The minimum atomic E-state index is 0.0385. The summed E-state index contributed by atoms with van der Waals surface area (Å²) in [4.78, 5) is 24.2. The number of carbonyl (C=O) groups is 1. The van der Waals surface area contributed by atoms with E-state index in [2.05, 4.69) is 44.0 Å². The predicted molar refractivity (Wildman–Crippen MR) is 121 cm³/mol. The van der Waals surface area contributed by atoms with E-state index in [9.17, 15) is 4.79 Å². The molecule has 0 aliphatic carbocycles. The Morgan fingerprint density at radius 3 is 2.19 bits per heavy atom. The summed E-state index contributed by atoms with van der Waals surface area (Å²) in [5.74, 6) is 2.68. The van der Waals surface area contributed by atoms with E-state index in [0.29, 0.717) is 18.8 Å². The van der Waals surface area contributed by atoms with Crippen molar-refractivity contribution < 1.29 is 4.79 Å². The van der Waals surface area contributed by atoms with Gasteiger partial charge in [0.05, 0.1) is 5.69 Å². The maximum absolute atomic E-state index is 13.2. The first-order chi connectivity index (χ1) is 15.1. The molecule has 0 N–H and O–H groups in total. The van der Waals surface area contributed by atoms with Gasteiger partial charge < -0.3 is 14.7 Å². The van der Waals surface area contributed by atoms with Gasteiger partial charge in [0.15, 0.2) is 11.6 Å². The second-order valence-electron chi connectivity index (χ2n) is 8.67. The van der Waals surface area contributed by atoms with Gasteiger partial charge in [0, 0.05) is 45.5 Å². The number of anilines is 2. The van der Waals surface area contributed by atoms with Gasteiger partial charge >= 0.3 is 0 Å². The summed E-state index contributed by atoms with van der Waals surface area (Å²) in [6.45, 7) is 9.13. The molecule has 2 aliphatic rings. The van der Waals surface area contributed by atoms with E-state index < -0.39 is 0 Å². The molecule has 5 rings (SSSR count). The molecule has 0 atom stereocenters. The number of aromatic nitrogens is 4. The first-order valence-electron chi connectivity index (χ1n) is 11.2. The van der Waals surface area contributed by atoms with Gasteiger partial charge in [-0.25, -0.2) is 4.98 Å². The molecule has 8 nitrogen and oxygen atoms in total. The molecule has 3 aromatic rings. The van der Waals surface area contributed by atoms with Crippen LogP contribution in [0.2, 0.25) is 0 Å². The van der Waals surface area contributed by atoms with E-state index in [1.54, 1.807) is 0 Å². The van der Waals surface area contributed by atoms with Crippen LogP contribution in [0.5, 0.6) is 0 Å². The Kier molecular flexibility index (Phi) is 5.21. The second kappa shape index (κ2) is 8.17. The number of fused-ring (bicyclic) bond motifs is 1. The van der Waals surface area contributed by atoms with Gasteiger partial charge in [-0.05, 0) is 49.9 Å². The number of carbonyl (C=O) groups excluding carboxylic acids is 1. The monoisotopic (exact) mass is 419 g/mol. The van der Waals surface area contributed by atoms with Gasteiger partial charge in [0.2, 0.25) is 0 Å². The van der Waals surface area contributed by atoms with Gasteiger partial charge in [-0.15, -0.1) is 10.2 Å². The molecule has 162 valence electrons. The number of piperidine rings is 1. The highest BCUT2D eigenvalue weighted by Crippen LogP contribution is 2.23. The summed E-state index contributed by atoms with van der Waals surface area (Å²) in [7, 11) is 0. The molecule has 0 bridgehead atoms. The number of pyridine rings is 1. The van der Waals surface area contributed by atoms with Gasteiger partial charge in [-0.2, -0.15) is 0 Å². The van der Waals surface area contributed by atoms with E-state index in [0.717, 1.165) is 55.1 Å². The third-order valence-electron chi connectivity index (χ3n) is 6.54. The van der Waals surface area contributed by atoms with E-state index in [-0.39, 0.29) is 5.91 Å². The van der Waals surface area contributed by atoms with Crippen molar-refractivity contribution in [2.45, 2.75) is 26.7 Å². The molecule has 0 unspecified atom stereocenters. The van der Waals surface area contributed by atoms with Crippen molar-refractivity contribution >= 4 is 23.2 Å². The van der Waals surface area contributed by atoms with E-state index in [1.807, 2.05) is 40.6 Å². The van der Waals surface area contributed by atoms with E-state index in [1.165, 1.54) is 12.8 Å². The van der Waals surface area contributed by atoms with E-state index >= 15 is 0 Å². The van der Waals surface area contributed by atoms with Crippen LogP contribution < -0.4 is 9.80 Å². The third-order valence-corrected chi connectivity index (χ3v) is 6.54. The molecule has 0 spiro atoms. The standard InChI is InChI=1S/C23H29N7O/c1-17-8-11-27(12-9-17)20-6-7-21(26-25-20)28-13-15-29(16-14-28)23(31)22-18(2)24-19-5-3-4-10-30(19)22/h3-7,10,17H,8-9,11-16H2,1-2H3. The minimum Gasteiger partial charge on any atom is -0.355 e. The highest BCUT2D eigenvalue weighted by atomic mass is 16.2. The fourth-order valence-corrected chi connectivity index (χ4v) is 4.55. The Bertz CT molecular complexity index is 1060. The van der Waals surface area contributed by atoms with Crippen LogP contribution in [0.1, 0.15) is 35.9 Å². The molecular weight excluding hydrogens is 390 g/mol. The van der Waals surface area contributed by atoms with Gasteiger partial charge in [-0.3, -0.25) is 9.20 Å². The topological polar surface area (TPSA) is 69.9 Å². The van der Waals surface area contributed by atoms with Crippen LogP contribution in [-0.2, 0) is 0 Å². The zero-order chi connectivity index (χ0) is 21.4. The lowest BCUT2D eigenvalue weighted by Gasteiger charge is -2.35. The minimum absolute atomic E-state index is 0.0385. The smallest absolute Gasteiger partial charge is 0.272 e. The summed E-state index contributed by atoms with van der Waals surface area (Å²) < 4.78 is 1.88. The van der Waals surface area contributed by atoms with Crippen molar-refractivity contribution in [1.29, 1.82) is 0 Å². The van der Waals surface area contributed by atoms with Crippen LogP contribution in [0.25, 0.3) is 5.65 Å². The lowest BCUT2D eigenvalue weighted by molar-refractivity contribution is 0.0738. The van der Waals surface area contributed by atoms with Crippen molar-refractivity contribution in [1.82, 2.24) is 24.5 Å². The Balaban J connectivity index is 1.23. The molecule has 2 saturated heterocycles.